The van der Waals surface area contributed by atoms with Crippen molar-refractivity contribution in [1.82, 2.24) is 9.88 Å². The Bertz CT molecular complexity index is 528. The van der Waals surface area contributed by atoms with Crippen LogP contribution in [0.5, 0.6) is 0 Å². The van der Waals surface area contributed by atoms with Crippen LogP contribution in [0, 0.1) is 11.3 Å². The lowest BCUT2D eigenvalue weighted by atomic mass is 10.1. The van der Waals surface area contributed by atoms with Gasteiger partial charge >= 0.3 is 0 Å². The van der Waals surface area contributed by atoms with E-state index < -0.39 is 0 Å². The number of amides is 1. The first-order valence-corrected chi connectivity index (χ1v) is 7.08. The number of rotatable bonds is 6. The summed E-state index contributed by atoms with van der Waals surface area (Å²) in [6.45, 7) is 5.14. The molecule has 1 aromatic heterocycles. The summed E-state index contributed by atoms with van der Waals surface area (Å²) < 4.78 is 0. The maximum atomic E-state index is 12.6. The summed E-state index contributed by atoms with van der Waals surface area (Å²) >= 11 is 0. The van der Waals surface area contributed by atoms with Gasteiger partial charge < -0.3 is 15.8 Å². The van der Waals surface area contributed by atoms with E-state index in [1.807, 2.05) is 12.1 Å². The summed E-state index contributed by atoms with van der Waals surface area (Å²) in [6, 6.07) is 3.79. The van der Waals surface area contributed by atoms with Crippen molar-refractivity contribution >= 4 is 11.7 Å². The van der Waals surface area contributed by atoms with E-state index in [0.29, 0.717) is 19.5 Å². The van der Waals surface area contributed by atoms with E-state index in [-0.39, 0.29) is 23.1 Å². The molecular formula is C15H22N4O2. The van der Waals surface area contributed by atoms with Crippen molar-refractivity contribution in [2.24, 2.45) is 22.2 Å². The maximum absolute atomic E-state index is 12.6. The molecule has 0 aliphatic heterocycles. The summed E-state index contributed by atoms with van der Waals surface area (Å²) in [4.78, 5) is 18.4. The monoisotopic (exact) mass is 290 g/mol. The molecule has 0 aromatic carbocycles. The number of hydrogen-bond donors (Lipinski definition) is 2. The van der Waals surface area contributed by atoms with Crippen molar-refractivity contribution in [3.8, 4) is 0 Å². The molecular weight excluding hydrogens is 268 g/mol. The van der Waals surface area contributed by atoms with Crippen molar-refractivity contribution in [3.63, 3.8) is 0 Å². The number of nitrogens with two attached hydrogens (primary N) is 1. The van der Waals surface area contributed by atoms with E-state index in [4.69, 9.17) is 10.9 Å². The lowest BCUT2D eigenvalue weighted by molar-refractivity contribution is -0.133. The third-order valence-corrected chi connectivity index (χ3v) is 3.99. The van der Waals surface area contributed by atoms with Crippen LogP contribution >= 0.6 is 0 Å². The van der Waals surface area contributed by atoms with Crippen LogP contribution in [0.3, 0.4) is 0 Å². The zero-order valence-corrected chi connectivity index (χ0v) is 12.5. The fourth-order valence-electron chi connectivity index (χ4n) is 2.39. The van der Waals surface area contributed by atoms with Crippen LogP contribution in [0.1, 0.15) is 32.3 Å². The van der Waals surface area contributed by atoms with Crippen LogP contribution in [-0.4, -0.2) is 33.4 Å². The maximum Gasteiger partial charge on any atom is 0.226 e. The first-order valence-electron chi connectivity index (χ1n) is 7.08. The van der Waals surface area contributed by atoms with Gasteiger partial charge in [0.25, 0.3) is 0 Å². The van der Waals surface area contributed by atoms with Gasteiger partial charge in [0, 0.05) is 37.8 Å². The van der Waals surface area contributed by atoms with Crippen molar-refractivity contribution in [2.45, 2.75) is 33.2 Å². The minimum absolute atomic E-state index is 0.0708. The second kappa shape index (κ2) is 6.11. The second-order valence-corrected chi connectivity index (χ2v) is 6.21. The third-order valence-electron chi connectivity index (χ3n) is 3.99. The average molecular weight is 290 g/mol. The summed E-state index contributed by atoms with van der Waals surface area (Å²) in [5.74, 6) is 0.338. The van der Waals surface area contributed by atoms with E-state index in [1.54, 1.807) is 17.3 Å². The van der Waals surface area contributed by atoms with Gasteiger partial charge in [0.15, 0.2) is 0 Å². The molecule has 21 heavy (non-hydrogen) atoms. The molecule has 0 spiro atoms. The quantitative estimate of drug-likeness (QED) is 0.360. The van der Waals surface area contributed by atoms with Gasteiger partial charge in [-0.1, -0.05) is 25.1 Å². The molecule has 1 unspecified atom stereocenters. The number of pyridine rings is 1. The van der Waals surface area contributed by atoms with Crippen molar-refractivity contribution in [2.75, 3.05) is 6.54 Å². The van der Waals surface area contributed by atoms with E-state index in [1.165, 1.54) is 0 Å². The van der Waals surface area contributed by atoms with Gasteiger partial charge in [0.05, 0.1) is 0 Å². The Kier molecular flexibility index (Phi) is 4.45. The van der Waals surface area contributed by atoms with Crippen molar-refractivity contribution in [1.29, 1.82) is 0 Å². The highest BCUT2D eigenvalue weighted by molar-refractivity contribution is 5.84. The van der Waals surface area contributed by atoms with Crippen LogP contribution in [0.25, 0.3) is 0 Å². The number of carbonyl (C=O) groups is 1. The van der Waals surface area contributed by atoms with Gasteiger partial charge in [0.2, 0.25) is 5.91 Å². The highest BCUT2D eigenvalue weighted by Gasteiger charge is 2.51. The summed E-state index contributed by atoms with van der Waals surface area (Å²) in [5.41, 5.74) is 6.57. The topological polar surface area (TPSA) is 91.8 Å². The van der Waals surface area contributed by atoms with Gasteiger partial charge in [-0.05, 0) is 23.5 Å². The number of oxime groups is 1. The molecule has 6 nitrogen and oxygen atoms in total. The fraction of sp³-hybridized carbons (Fsp3) is 0.533. The highest BCUT2D eigenvalue weighted by atomic mass is 16.4. The number of nitrogens with zero attached hydrogens (tertiary/aromatic N) is 3. The molecule has 0 bridgehead atoms. The average Bonchev–Trinajstić information content (AvgIpc) is 3.12. The Morgan fingerprint density at radius 3 is 2.86 bits per heavy atom. The standard InChI is InChI=1S/C15H22N4O2/c1-15(2)8-12(15)14(20)19(7-5-13(16)18-21)10-11-4-3-6-17-9-11/h3-4,6,9,12,21H,5,7-8,10H2,1-2H3,(H2,16,18). The first-order chi connectivity index (χ1) is 9.94. The van der Waals surface area contributed by atoms with Crippen molar-refractivity contribution in [3.05, 3.63) is 30.1 Å². The summed E-state index contributed by atoms with van der Waals surface area (Å²) in [6.07, 6.45) is 4.73. The molecule has 1 aliphatic carbocycles. The molecule has 0 saturated heterocycles. The van der Waals surface area contributed by atoms with E-state index in [0.717, 1.165) is 12.0 Å². The minimum atomic E-state index is 0.0708. The zero-order valence-electron chi connectivity index (χ0n) is 12.5. The summed E-state index contributed by atoms with van der Waals surface area (Å²) in [5, 5.41) is 11.6. The molecule has 1 saturated carbocycles. The van der Waals surface area contributed by atoms with Crippen LogP contribution in [0.2, 0.25) is 0 Å². The first kappa shape index (κ1) is 15.3. The summed E-state index contributed by atoms with van der Waals surface area (Å²) in [7, 11) is 0. The Hall–Kier alpha value is -2.11. The number of aromatic nitrogens is 1. The van der Waals surface area contributed by atoms with Gasteiger partial charge in [-0.25, -0.2) is 0 Å². The highest BCUT2D eigenvalue weighted by Crippen LogP contribution is 2.52. The normalized spacial score (nSPS) is 20.1. The molecule has 1 heterocycles. The number of carbonyl (C=O) groups excluding carboxylic acids is 1. The molecule has 1 aliphatic rings. The number of hydrogen-bond acceptors (Lipinski definition) is 4. The Labute approximate surface area is 124 Å². The lowest BCUT2D eigenvalue weighted by Crippen LogP contribution is -2.35. The van der Waals surface area contributed by atoms with E-state index in [2.05, 4.69) is 24.0 Å². The Morgan fingerprint density at radius 1 is 1.62 bits per heavy atom. The van der Waals surface area contributed by atoms with Crippen LogP contribution < -0.4 is 5.73 Å². The van der Waals surface area contributed by atoms with E-state index >= 15 is 0 Å². The predicted molar refractivity (Wildman–Crippen MR) is 79.6 cm³/mol. The van der Waals surface area contributed by atoms with Crippen LogP contribution in [-0.2, 0) is 11.3 Å². The SMILES string of the molecule is CC1(C)CC1C(=O)N(CC/C(N)=N/O)Cc1cccnc1. The van der Waals surface area contributed by atoms with Crippen molar-refractivity contribution < 1.29 is 10.0 Å². The van der Waals surface area contributed by atoms with Gasteiger partial charge in [-0.15, -0.1) is 0 Å². The van der Waals surface area contributed by atoms with Crippen LogP contribution in [0.15, 0.2) is 29.7 Å². The smallest absolute Gasteiger partial charge is 0.226 e. The van der Waals surface area contributed by atoms with Crippen LogP contribution in [0.4, 0.5) is 0 Å². The Morgan fingerprint density at radius 2 is 2.33 bits per heavy atom. The molecule has 1 fully saturated rings. The minimum Gasteiger partial charge on any atom is -0.409 e. The molecule has 3 N–H and O–H groups in total. The van der Waals surface area contributed by atoms with Gasteiger partial charge in [-0.2, -0.15) is 0 Å². The van der Waals surface area contributed by atoms with Gasteiger partial charge in [-0.3, -0.25) is 9.78 Å². The molecule has 6 heteroatoms. The molecule has 114 valence electrons. The largest absolute Gasteiger partial charge is 0.409 e. The third kappa shape index (κ3) is 3.93. The number of amidine groups is 1. The fourth-order valence-corrected chi connectivity index (χ4v) is 2.39. The predicted octanol–water partition coefficient (Wildman–Crippen LogP) is 1.59. The zero-order chi connectivity index (χ0) is 15.5. The molecule has 1 aromatic rings. The lowest BCUT2D eigenvalue weighted by Gasteiger charge is -2.23. The molecule has 1 amide bonds. The Balaban J connectivity index is 2.05. The van der Waals surface area contributed by atoms with Gasteiger partial charge in [0.1, 0.15) is 5.84 Å². The molecule has 1 atom stereocenters. The molecule has 2 rings (SSSR count). The molecule has 0 radical (unpaired) electrons. The second-order valence-electron chi connectivity index (χ2n) is 6.21. The van der Waals surface area contributed by atoms with E-state index in [9.17, 15) is 4.79 Å².